The number of nitrogens with zero attached hydrogens (tertiary/aromatic N) is 1. The molecule has 1 aliphatic rings. The van der Waals surface area contributed by atoms with Crippen LogP contribution < -0.4 is 5.32 Å². The van der Waals surface area contributed by atoms with Gasteiger partial charge in [0.1, 0.15) is 5.54 Å². The molecule has 0 bridgehead atoms. The standard InChI is InChI=1S/C17H14BrClN2O2/c1-17(13-4-2-3-5-14(13)18)15(22)21(16(23)20-17)10-11-6-8-12(19)9-7-11/h2-9H,10H2,1H3,(H,20,23)/t17-/m0/s1. The molecule has 0 unspecified atom stereocenters. The van der Waals surface area contributed by atoms with E-state index >= 15 is 0 Å². The Morgan fingerprint density at radius 2 is 1.78 bits per heavy atom. The van der Waals surface area contributed by atoms with E-state index in [0.29, 0.717) is 5.02 Å². The van der Waals surface area contributed by atoms with Gasteiger partial charge >= 0.3 is 6.03 Å². The molecule has 118 valence electrons. The van der Waals surface area contributed by atoms with Gasteiger partial charge in [-0.05, 0) is 30.7 Å². The Kier molecular flexibility index (Phi) is 4.17. The molecule has 1 saturated heterocycles. The van der Waals surface area contributed by atoms with Gasteiger partial charge in [0.15, 0.2) is 0 Å². The molecule has 1 fully saturated rings. The van der Waals surface area contributed by atoms with Gasteiger partial charge in [0.2, 0.25) is 0 Å². The highest BCUT2D eigenvalue weighted by Gasteiger charge is 2.49. The SMILES string of the molecule is C[C@@]1(c2ccccc2Br)NC(=O)N(Cc2ccc(Cl)cc2)C1=O. The van der Waals surface area contributed by atoms with Crippen molar-refractivity contribution < 1.29 is 9.59 Å². The first-order valence-electron chi connectivity index (χ1n) is 7.05. The fourth-order valence-electron chi connectivity index (χ4n) is 2.66. The van der Waals surface area contributed by atoms with E-state index in [4.69, 9.17) is 11.6 Å². The third-order valence-corrected chi connectivity index (χ3v) is 4.88. The number of carbonyl (C=O) groups is 2. The Balaban J connectivity index is 1.91. The van der Waals surface area contributed by atoms with Crippen molar-refractivity contribution in [2.45, 2.75) is 19.0 Å². The number of halogens is 2. The number of hydrogen-bond acceptors (Lipinski definition) is 2. The van der Waals surface area contributed by atoms with Crippen LogP contribution >= 0.6 is 27.5 Å². The van der Waals surface area contributed by atoms with Crippen molar-refractivity contribution in [3.05, 3.63) is 69.2 Å². The van der Waals surface area contributed by atoms with Crippen molar-refractivity contribution >= 4 is 39.5 Å². The average Bonchev–Trinajstić information content (AvgIpc) is 2.74. The first kappa shape index (κ1) is 16.0. The summed E-state index contributed by atoms with van der Waals surface area (Å²) < 4.78 is 0.782. The Morgan fingerprint density at radius 3 is 2.43 bits per heavy atom. The third-order valence-electron chi connectivity index (χ3n) is 3.94. The number of carbonyl (C=O) groups excluding carboxylic acids is 2. The second kappa shape index (κ2) is 5.98. The molecule has 1 N–H and O–H groups in total. The van der Waals surface area contributed by atoms with Gasteiger partial charge in [0.05, 0.1) is 6.54 Å². The Bertz CT molecular complexity index is 778. The van der Waals surface area contributed by atoms with Crippen LogP contribution in [-0.4, -0.2) is 16.8 Å². The van der Waals surface area contributed by atoms with Gasteiger partial charge in [0.25, 0.3) is 5.91 Å². The molecular formula is C17H14BrClN2O2. The summed E-state index contributed by atoms with van der Waals surface area (Å²) in [5.74, 6) is -0.274. The van der Waals surface area contributed by atoms with Crippen LogP contribution in [0.25, 0.3) is 0 Å². The maximum absolute atomic E-state index is 12.9. The molecule has 23 heavy (non-hydrogen) atoms. The van der Waals surface area contributed by atoms with Crippen LogP contribution in [0.2, 0.25) is 5.02 Å². The number of benzene rings is 2. The minimum atomic E-state index is -1.08. The van der Waals surface area contributed by atoms with Crippen LogP contribution in [0, 0.1) is 0 Å². The van der Waals surface area contributed by atoms with Crippen LogP contribution in [-0.2, 0) is 16.9 Å². The van der Waals surface area contributed by atoms with E-state index in [1.54, 1.807) is 31.2 Å². The molecule has 1 heterocycles. The van der Waals surface area contributed by atoms with Crippen LogP contribution in [0.3, 0.4) is 0 Å². The molecule has 3 amide bonds. The molecule has 0 aliphatic carbocycles. The lowest BCUT2D eigenvalue weighted by Gasteiger charge is -2.23. The molecule has 3 rings (SSSR count). The van der Waals surface area contributed by atoms with Crippen molar-refractivity contribution in [2.24, 2.45) is 0 Å². The second-order valence-electron chi connectivity index (χ2n) is 5.55. The van der Waals surface area contributed by atoms with Gasteiger partial charge in [-0.25, -0.2) is 4.79 Å². The summed E-state index contributed by atoms with van der Waals surface area (Å²) in [5.41, 5.74) is 0.495. The number of amides is 3. The highest BCUT2D eigenvalue weighted by Crippen LogP contribution is 2.34. The van der Waals surface area contributed by atoms with Crippen LogP contribution in [0.4, 0.5) is 4.79 Å². The molecule has 1 aliphatic heterocycles. The van der Waals surface area contributed by atoms with E-state index in [2.05, 4.69) is 21.2 Å². The molecule has 2 aromatic rings. The first-order chi connectivity index (χ1) is 10.9. The Morgan fingerprint density at radius 1 is 1.13 bits per heavy atom. The van der Waals surface area contributed by atoms with Gasteiger partial charge in [0, 0.05) is 15.1 Å². The molecule has 0 spiro atoms. The van der Waals surface area contributed by atoms with Crippen LogP contribution in [0.1, 0.15) is 18.1 Å². The zero-order chi connectivity index (χ0) is 16.6. The van der Waals surface area contributed by atoms with Crippen molar-refractivity contribution in [3.63, 3.8) is 0 Å². The zero-order valence-electron chi connectivity index (χ0n) is 12.3. The predicted molar refractivity (Wildman–Crippen MR) is 92.0 cm³/mol. The summed E-state index contributed by atoms with van der Waals surface area (Å²) >= 11 is 9.31. The summed E-state index contributed by atoms with van der Waals surface area (Å²) in [7, 11) is 0. The number of rotatable bonds is 3. The fourth-order valence-corrected chi connectivity index (χ4v) is 3.47. The smallest absolute Gasteiger partial charge is 0.319 e. The van der Waals surface area contributed by atoms with Gasteiger partial charge in [-0.3, -0.25) is 9.69 Å². The minimum Gasteiger partial charge on any atom is -0.319 e. The molecule has 0 radical (unpaired) electrons. The van der Waals surface area contributed by atoms with Gasteiger partial charge in [-0.15, -0.1) is 0 Å². The lowest BCUT2D eigenvalue weighted by atomic mass is 9.92. The monoisotopic (exact) mass is 392 g/mol. The maximum atomic E-state index is 12.9. The van der Waals surface area contributed by atoms with E-state index in [1.165, 1.54) is 4.90 Å². The summed E-state index contributed by atoms with van der Waals surface area (Å²) in [4.78, 5) is 26.4. The third kappa shape index (κ3) is 2.86. The van der Waals surface area contributed by atoms with E-state index < -0.39 is 11.6 Å². The lowest BCUT2D eigenvalue weighted by Crippen LogP contribution is -2.41. The number of hydrogen-bond donors (Lipinski definition) is 1. The van der Waals surface area contributed by atoms with Crippen LogP contribution in [0.5, 0.6) is 0 Å². The number of nitrogens with one attached hydrogen (secondary N) is 1. The molecule has 2 aromatic carbocycles. The predicted octanol–water partition coefficient (Wildman–Crippen LogP) is 4.07. The second-order valence-corrected chi connectivity index (χ2v) is 6.84. The van der Waals surface area contributed by atoms with Crippen molar-refractivity contribution in [1.29, 1.82) is 0 Å². The van der Waals surface area contributed by atoms with E-state index in [-0.39, 0.29) is 12.5 Å². The topological polar surface area (TPSA) is 49.4 Å². The molecule has 0 saturated carbocycles. The van der Waals surface area contributed by atoms with E-state index in [9.17, 15) is 9.59 Å². The summed E-state index contributed by atoms with van der Waals surface area (Å²) in [5, 5.41) is 3.42. The van der Waals surface area contributed by atoms with E-state index in [1.807, 2.05) is 24.3 Å². The van der Waals surface area contributed by atoms with Gasteiger partial charge < -0.3 is 5.32 Å². The lowest BCUT2D eigenvalue weighted by molar-refractivity contribution is -0.131. The first-order valence-corrected chi connectivity index (χ1v) is 8.22. The normalized spacial score (nSPS) is 20.7. The molecule has 1 atom stereocenters. The largest absolute Gasteiger partial charge is 0.325 e. The molecular weight excluding hydrogens is 380 g/mol. The summed E-state index contributed by atoms with van der Waals surface area (Å²) in [6.45, 7) is 1.93. The van der Waals surface area contributed by atoms with Gasteiger partial charge in [-0.1, -0.05) is 57.9 Å². The van der Waals surface area contributed by atoms with Crippen LogP contribution in [0.15, 0.2) is 53.0 Å². The maximum Gasteiger partial charge on any atom is 0.325 e. The highest BCUT2D eigenvalue weighted by atomic mass is 79.9. The highest BCUT2D eigenvalue weighted by molar-refractivity contribution is 9.10. The molecule has 6 heteroatoms. The number of urea groups is 1. The number of imide groups is 1. The Labute approximate surface area is 147 Å². The molecule has 4 nitrogen and oxygen atoms in total. The van der Waals surface area contributed by atoms with Gasteiger partial charge in [-0.2, -0.15) is 0 Å². The van der Waals surface area contributed by atoms with Crippen molar-refractivity contribution in [1.82, 2.24) is 10.2 Å². The van der Waals surface area contributed by atoms with Crippen molar-refractivity contribution in [2.75, 3.05) is 0 Å². The molecule has 0 aromatic heterocycles. The zero-order valence-corrected chi connectivity index (χ0v) is 14.7. The van der Waals surface area contributed by atoms with E-state index in [0.717, 1.165) is 15.6 Å². The fraction of sp³-hybridized carbons (Fsp3) is 0.176. The summed E-state index contributed by atoms with van der Waals surface area (Å²) in [6.07, 6.45) is 0. The van der Waals surface area contributed by atoms with Crippen molar-refractivity contribution in [3.8, 4) is 0 Å². The Hall–Kier alpha value is -1.85. The summed E-state index contributed by atoms with van der Waals surface area (Å²) in [6, 6.07) is 14.1. The minimum absolute atomic E-state index is 0.210. The average molecular weight is 394 g/mol. The quantitative estimate of drug-likeness (QED) is 0.799.